The highest BCUT2D eigenvalue weighted by Crippen LogP contribution is 2.33. The predicted molar refractivity (Wildman–Crippen MR) is 49.2 cm³/mol. The van der Waals surface area contributed by atoms with Crippen molar-refractivity contribution >= 4 is 11.8 Å². The molecule has 0 fully saturated rings. The maximum atomic E-state index is 12.1. The smallest absolute Gasteiger partial charge is 0.379 e. The van der Waals surface area contributed by atoms with Crippen LogP contribution in [0, 0.1) is 0 Å². The van der Waals surface area contributed by atoms with Crippen LogP contribution in [0.25, 0.3) is 0 Å². The number of aliphatic hydroxyl groups is 1. The Morgan fingerprint density at radius 3 is 2.50 bits per heavy atom. The van der Waals surface area contributed by atoms with E-state index in [1.807, 2.05) is 0 Å². The molecule has 0 aliphatic heterocycles. The van der Waals surface area contributed by atoms with Crippen molar-refractivity contribution in [3.8, 4) is 0 Å². The molecule has 14 heavy (non-hydrogen) atoms. The van der Waals surface area contributed by atoms with E-state index in [1.54, 1.807) is 12.3 Å². The van der Waals surface area contributed by atoms with Crippen molar-refractivity contribution in [2.45, 2.75) is 17.2 Å². The minimum Gasteiger partial charge on any atom is -0.379 e. The predicted octanol–water partition coefficient (Wildman–Crippen LogP) is 3.00. The Hall–Kier alpha value is -0.680. The van der Waals surface area contributed by atoms with Gasteiger partial charge < -0.3 is 5.11 Å². The van der Waals surface area contributed by atoms with Crippen LogP contribution in [0.1, 0.15) is 11.7 Å². The van der Waals surface area contributed by atoms with Crippen LogP contribution in [0.2, 0.25) is 0 Å². The Labute approximate surface area is 83.9 Å². The average molecular weight is 222 g/mol. The second kappa shape index (κ2) is 4.23. The molecule has 78 valence electrons. The number of halogens is 3. The quantitative estimate of drug-likeness (QED) is 0.776. The van der Waals surface area contributed by atoms with Crippen LogP contribution < -0.4 is 0 Å². The molecular formula is C9H9F3OS. The minimum absolute atomic E-state index is 0.121. The van der Waals surface area contributed by atoms with Gasteiger partial charge in [0.2, 0.25) is 0 Å². The first-order valence-corrected chi connectivity index (χ1v) is 5.06. The van der Waals surface area contributed by atoms with Crippen LogP contribution in [0.4, 0.5) is 13.2 Å². The van der Waals surface area contributed by atoms with Gasteiger partial charge in [-0.2, -0.15) is 13.2 Å². The zero-order valence-corrected chi connectivity index (χ0v) is 8.19. The number of hydrogen-bond donors (Lipinski definition) is 1. The topological polar surface area (TPSA) is 20.2 Å². The molecule has 0 saturated heterocycles. The summed E-state index contributed by atoms with van der Waals surface area (Å²) in [6.07, 6.45) is -5.23. The summed E-state index contributed by atoms with van der Waals surface area (Å²) in [7, 11) is 0. The molecule has 1 aromatic carbocycles. The lowest BCUT2D eigenvalue weighted by molar-refractivity contribution is -0.206. The van der Waals surface area contributed by atoms with Gasteiger partial charge in [0.05, 0.1) is 0 Å². The zero-order chi connectivity index (χ0) is 10.8. The monoisotopic (exact) mass is 222 g/mol. The molecule has 0 aliphatic carbocycles. The Kier molecular flexibility index (Phi) is 3.44. The van der Waals surface area contributed by atoms with Gasteiger partial charge in [0, 0.05) is 4.90 Å². The number of benzene rings is 1. The summed E-state index contributed by atoms with van der Waals surface area (Å²) in [4.78, 5) is 0.700. The Bertz CT molecular complexity index is 311. The highest BCUT2D eigenvalue weighted by Gasteiger charge is 2.39. The first-order valence-electron chi connectivity index (χ1n) is 3.84. The Morgan fingerprint density at radius 2 is 2.00 bits per heavy atom. The Balaban J connectivity index is 2.95. The van der Waals surface area contributed by atoms with Crippen LogP contribution in [0.3, 0.4) is 0 Å². The third kappa shape index (κ3) is 2.65. The fourth-order valence-corrected chi connectivity index (χ4v) is 1.47. The lowest BCUT2D eigenvalue weighted by Gasteiger charge is -2.15. The van der Waals surface area contributed by atoms with Crippen molar-refractivity contribution in [1.29, 1.82) is 0 Å². The normalized spacial score (nSPS) is 14.1. The lowest BCUT2D eigenvalue weighted by Crippen LogP contribution is -2.20. The van der Waals surface area contributed by atoms with E-state index in [9.17, 15) is 13.2 Å². The molecule has 1 N–H and O–H groups in total. The van der Waals surface area contributed by atoms with E-state index >= 15 is 0 Å². The molecule has 0 bridgehead atoms. The first kappa shape index (κ1) is 11.4. The van der Waals surface area contributed by atoms with Crippen molar-refractivity contribution in [3.63, 3.8) is 0 Å². The van der Waals surface area contributed by atoms with Crippen LogP contribution in [-0.4, -0.2) is 17.5 Å². The third-order valence-electron chi connectivity index (χ3n) is 1.72. The number of hydrogen-bond acceptors (Lipinski definition) is 2. The summed E-state index contributed by atoms with van der Waals surface area (Å²) >= 11 is 1.33. The van der Waals surface area contributed by atoms with E-state index in [0.29, 0.717) is 4.90 Å². The SMILES string of the molecule is CSc1cccc([C@@H](O)C(F)(F)F)c1. The molecule has 1 rings (SSSR count). The van der Waals surface area contributed by atoms with Gasteiger partial charge >= 0.3 is 6.18 Å². The third-order valence-corrected chi connectivity index (χ3v) is 2.44. The summed E-state index contributed by atoms with van der Waals surface area (Å²) in [6, 6.07) is 5.79. The summed E-state index contributed by atoms with van der Waals surface area (Å²) < 4.78 is 36.3. The van der Waals surface area contributed by atoms with E-state index in [-0.39, 0.29) is 5.56 Å². The second-order valence-electron chi connectivity index (χ2n) is 2.72. The molecule has 0 aliphatic rings. The first-order chi connectivity index (χ1) is 6.45. The summed E-state index contributed by atoms with van der Waals surface area (Å²) in [6.45, 7) is 0. The van der Waals surface area contributed by atoms with Crippen molar-refractivity contribution in [2.24, 2.45) is 0 Å². The molecule has 0 aromatic heterocycles. The van der Waals surface area contributed by atoms with E-state index in [1.165, 1.54) is 30.0 Å². The van der Waals surface area contributed by atoms with E-state index < -0.39 is 12.3 Å². The zero-order valence-electron chi connectivity index (χ0n) is 7.38. The minimum atomic E-state index is -4.60. The van der Waals surface area contributed by atoms with Gasteiger partial charge in [-0.3, -0.25) is 0 Å². The van der Waals surface area contributed by atoms with Crippen molar-refractivity contribution in [1.82, 2.24) is 0 Å². The van der Waals surface area contributed by atoms with Gasteiger partial charge in [-0.1, -0.05) is 12.1 Å². The molecule has 0 saturated carbocycles. The van der Waals surface area contributed by atoms with E-state index in [4.69, 9.17) is 5.11 Å². The molecule has 1 nitrogen and oxygen atoms in total. The van der Waals surface area contributed by atoms with Crippen molar-refractivity contribution in [3.05, 3.63) is 29.8 Å². The lowest BCUT2D eigenvalue weighted by atomic mass is 10.1. The molecule has 0 spiro atoms. The van der Waals surface area contributed by atoms with Crippen molar-refractivity contribution < 1.29 is 18.3 Å². The molecule has 1 aromatic rings. The van der Waals surface area contributed by atoms with Crippen LogP contribution in [0.15, 0.2) is 29.2 Å². The largest absolute Gasteiger partial charge is 0.418 e. The maximum Gasteiger partial charge on any atom is 0.418 e. The van der Waals surface area contributed by atoms with Crippen LogP contribution in [-0.2, 0) is 0 Å². The van der Waals surface area contributed by atoms with Gasteiger partial charge in [-0.25, -0.2) is 0 Å². The van der Waals surface area contributed by atoms with Crippen molar-refractivity contribution in [2.75, 3.05) is 6.26 Å². The number of alkyl halides is 3. The van der Waals surface area contributed by atoms with Gasteiger partial charge in [0.25, 0.3) is 0 Å². The molecule has 0 unspecified atom stereocenters. The molecular weight excluding hydrogens is 213 g/mol. The average Bonchev–Trinajstić information content (AvgIpc) is 2.15. The summed E-state index contributed by atoms with van der Waals surface area (Å²) in [5.41, 5.74) is -0.121. The number of thioether (sulfide) groups is 1. The highest BCUT2D eigenvalue weighted by atomic mass is 32.2. The van der Waals surface area contributed by atoms with Crippen LogP contribution >= 0.6 is 11.8 Å². The second-order valence-corrected chi connectivity index (χ2v) is 3.60. The molecule has 0 radical (unpaired) electrons. The van der Waals surface area contributed by atoms with Gasteiger partial charge in [-0.05, 0) is 24.0 Å². The van der Waals surface area contributed by atoms with Gasteiger partial charge in [-0.15, -0.1) is 11.8 Å². The standard InChI is InChI=1S/C9H9F3OS/c1-14-7-4-2-3-6(5-7)8(13)9(10,11)12/h2-5,8,13H,1H3/t8-/m1/s1. The number of rotatable bonds is 2. The molecule has 5 heteroatoms. The molecule has 0 amide bonds. The maximum absolute atomic E-state index is 12.1. The Morgan fingerprint density at radius 1 is 1.36 bits per heavy atom. The highest BCUT2D eigenvalue weighted by molar-refractivity contribution is 7.98. The fraction of sp³-hybridized carbons (Fsp3) is 0.333. The van der Waals surface area contributed by atoms with E-state index in [2.05, 4.69) is 0 Å². The molecule has 0 heterocycles. The van der Waals surface area contributed by atoms with E-state index in [0.717, 1.165) is 0 Å². The summed E-state index contributed by atoms with van der Waals surface area (Å²) in [5, 5.41) is 8.94. The van der Waals surface area contributed by atoms with Crippen LogP contribution in [0.5, 0.6) is 0 Å². The molecule has 1 atom stereocenters. The van der Waals surface area contributed by atoms with Gasteiger partial charge in [0.15, 0.2) is 6.10 Å². The number of aliphatic hydroxyl groups excluding tert-OH is 1. The van der Waals surface area contributed by atoms with Gasteiger partial charge in [0.1, 0.15) is 0 Å². The summed E-state index contributed by atoms with van der Waals surface area (Å²) in [5.74, 6) is 0. The fourth-order valence-electron chi connectivity index (χ4n) is 1.00.